The minimum Gasteiger partial charge on any atom is -0.135 e. The van der Waals surface area contributed by atoms with Gasteiger partial charge in [-0.3, -0.25) is 0 Å². The van der Waals surface area contributed by atoms with Crippen molar-refractivity contribution in [2.24, 2.45) is 0 Å². The lowest BCUT2D eigenvalue weighted by Crippen LogP contribution is -2.02. The topological polar surface area (TPSA) is 0 Å². The molecule has 0 spiro atoms. The Bertz CT molecular complexity index is 782. The third-order valence-corrected chi connectivity index (χ3v) is 5.45. The fraction of sp³-hybridized carbons (Fsp3) is 0.125. The Kier molecular flexibility index (Phi) is 2.36. The van der Waals surface area contributed by atoms with Crippen molar-refractivity contribution in [3.63, 3.8) is 0 Å². The van der Waals surface area contributed by atoms with Gasteiger partial charge in [0.25, 0.3) is 0 Å². The third-order valence-electron chi connectivity index (χ3n) is 3.57. The molecule has 3 aromatic rings. The van der Waals surface area contributed by atoms with Crippen molar-refractivity contribution >= 4 is 54.2 Å². The molecule has 0 aliphatic heterocycles. The number of alkyl halides is 1. The highest BCUT2D eigenvalue weighted by atomic mass is 79.9. The molecule has 2 aromatic carbocycles. The molecule has 1 atom stereocenters. The molecule has 1 aliphatic carbocycles. The molecular formula is C16H11BrS. The van der Waals surface area contributed by atoms with Crippen LogP contribution in [0.2, 0.25) is 0 Å². The van der Waals surface area contributed by atoms with Gasteiger partial charge in [0.05, 0.1) is 0 Å². The summed E-state index contributed by atoms with van der Waals surface area (Å²) in [7, 11) is 0. The van der Waals surface area contributed by atoms with Gasteiger partial charge >= 0.3 is 0 Å². The summed E-state index contributed by atoms with van der Waals surface area (Å²) < 4.78 is 1.43. The molecule has 1 unspecified atom stereocenters. The number of rotatable bonds is 0. The normalized spacial score (nSPS) is 18.4. The molecular weight excluding hydrogens is 304 g/mol. The van der Waals surface area contributed by atoms with Crippen LogP contribution in [0.1, 0.15) is 10.4 Å². The van der Waals surface area contributed by atoms with E-state index in [2.05, 4.69) is 64.5 Å². The van der Waals surface area contributed by atoms with Gasteiger partial charge in [-0.25, -0.2) is 0 Å². The summed E-state index contributed by atoms with van der Waals surface area (Å²) in [4.78, 5) is 1.91. The summed E-state index contributed by atoms with van der Waals surface area (Å²) in [6.45, 7) is 0. The van der Waals surface area contributed by atoms with Crippen LogP contribution in [0.15, 0.2) is 42.5 Å². The number of allylic oxidation sites excluding steroid dienone is 1. The second kappa shape index (κ2) is 3.94. The van der Waals surface area contributed by atoms with Crippen molar-refractivity contribution in [3.8, 4) is 0 Å². The SMILES string of the molecule is BrC1C=Cc2sc3c(ccc4ccccc43)c2C1. The van der Waals surface area contributed by atoms with Gasteiger partial charge in [0.2, 0.25) is 0 Å². The first-order chi connectivity index (χ1) is 8.83. The van der Waals surface area contributed by atoms with Crippen LogP contribution in [-0.4, -0.2) is 4.83 Å². The zero-order valence-electron chi connectivity index (χ0n) is 9.69. The fourth-order valence-electron chi connectivity index (χ4n) is 2.69. The van der Waals surface area contributed by atoms with Gasteiger partial charge in [-0.05, 0) is 34.2 Å². The monoisotopic (exact) mass is 314 g/mol. The van der Waals surface area contributed by atoms with Gasteiger partial charge in [0.15, 0.2) is 0 Å². The molecule has 4 rings (SSSR count). The minimum atomic E-state index is 0.481. The fourth-order valence-corrected chi connectivity index (χ4v) is 4.45. The lowest BCUT2D eigenvalue weighted by Gasteiger charge is -2.10. The maximum Gasteiger partial charge on any atom is 0.0430 e. The zero-order valence-corrected chi connectivity index (χ0v) is 12.1. The smallest absolute Gasteiger partial charge is 0.0430 e. The summed E-state index contributed by atoms with van der Waals surface area (Å²) >= 11 is 5.62. The van der Waals surface area contributed by atoms with E-state index in [0.717, 1.165) is 6.42 Å². The van der Waals surface area contributed by atoms with E-state index in [4.69, 9.17) is 0 Å². The molecule has 18 heavy (non-hydrogen) atoms. The van der Waals surface area contributed by atoms with E-state index in [1.165, 1.54) is 31.3 Å². The van der Waals surface area contributed by atoms with Gasteiger partial charge in [-0.15, -0.1) is 11.3 Å². The third kappa shape index (κ3) is 1.49. The Hall–Kier alpha value is -1.12. The standard InChI is InChI=1S/C16H11BrS/c17-11-6-8-15-14(9-11)13-7-5-10-3-1-2-4-12(10)16(13)18-15/h1-8,11H,9H2. The average Bonchev–Trinajstić information content (AvgIpc) is 2.77. The molecule has 0 amide bonds. The van der Waals surface area contributed by atoms with Crippen molar-refractivity contribution in [2.75, 3.05) is 0 Å². The first kappa shape index (κ1) is 10.8. The van der Waals surface area contributed by atoms with Crippen molar-refractivity contribution in [2.45, 2.75) is 11.2 Å². The van der Waals surface area contributed by atoms with E-state index < -0.39 is 0 Å². The van der Waals surface area contributed by atoms with Crippen LogP contribution in [0.5, 0.6) is 0 Å². The van der Waals surface area contributed by atoms with E-state index in [0.29, 0.717) is 4.83 Å². The maximum absolute atomic E-state index is 3.70. The molecule has 0 nitrogen and oxygen atoms in total. The molecule has 0 saturated heterocycles. The lowest BCUT2D eigenvalue weighted by atomic mass is 9.99. The van der Waals surface area contributed by atoms with Gasteiger partial charge < -0.3 is 0 Å². The number of hydrogen-bond acceptors (Lipinski definition) is 1. The number of thiophene rings is 1. The van der Waals surface area contributed by atoms with E-state index in [-0.39, 0.29) is 0 Å². The Morgan fingerprint density at radius 2 is 1.94 bits per heavy atom. The van der Waals surface area contributed by atoms with Crippen LogP contribution in [0, 0.1) is 0 Å². The first-order valence-electron chi connectivity index (χ1n) is 6.08. The van der Waals surface area contributed by atoms with E-state index in [1.54, 1.807) is 0 Å². The molecule has 1 aliphatic rings. The summed E-state index contributed by atoms with van der Waals surface area (Å²) in [6, 6.07) is 13.2. The number of benzene rings is 2. The summed E-state index contributed by atoms with van der Waals surface area (Å²) in [5.41, 5.74) is 1.50. The summed E-state index contributed by atoms with van der Waals surface area (Å²) in [6.07, 6.45) is 5.61. The van der Waals surface area contributed by atoms with Crippen molar-refractivity contribution in [3.05, 3.63) is 52.9 Å². The lowest BCUT2D eigenvalue weighted by molar-refractivity contribution is 1.04. The van der Waals surface area contributed by atoms with Crippen LogP contribution in [0.25, 0.3) is 26.9 Å². The summed E-state index contributed by atoms with van der Waals surface area (Å²) in [5.74, 6) is 0. The van der Waals surface area contributed by atoms with Crippen molar-refractivity contribution in [1.82, 2.24) is 0 Å². The number of fused-ring (bicyclic) bond motifs is 5. The van der Waals surface area contributed by atoms with Crippen LogP contribution in [0.3, 0.4) is 0 Å². The zero-order chi connectivity index (χ0) is 12.1. The molecule has 0 fully saturated rings. The highest BCUT2D eigenvalue weighted by Crippen LogP contribution is 2.40. The molecule has 0 bridgehead atoms. The Balaban J connectivity index is 2.14. The van der Waals surface area contributed by atoms with Crippen molar-refractivity contribution in [1.29, 1.82) is 0 Å². The van der Waals surface area contributed by atoms with Gasteiger partial charge in [-0.2, -0.15) is 0 Å². The highest BCUT2D eigenvalue weighted by Gasteiger charge is 2.17. The van der Waals surface area contributed by atoms with Crippen LogP contribution in [0.4, 0.5) is 0 Å². The largest absolute Gasteiger partial charge is 0.135 e. The highest BCUT2D eigenvalue weighted by molar-refractivity contribution is 9.09. The van der Waals surface area contributed by atoms with Crippen LogP contribution < -0.4 is 0 Å². The molecule has 0 N–H and O–H groups in total. The first-order valence-corrected chi connectivity index (χ1v) is 7.81. The maximum atomic E-state index is 3.70. The number of hydrogen-bond donors (Lipinski definition) is 0. The molecule has 2 heteroatoms. The van der Waals surface area contributed by atoms with Gasteiger partial charge in [0, 0.05) is 14.4 Å². The van der Waals surface area contributed by atoms with Gasteiger partial charge in [0.1, 0.15) is 0 Å². The molecule has 0 saturated carbocycles. The van der Waals surface area contributed by atoms with E-state index >= 15 is 0 Å². The predicted molar refractivity (Wildman–Crippen MR) is 84.8 cm³/mol. The molecule has 1 aromatic heterocycles. The van der Waals surface area contributed by atoms with Gasteiger partial charge in [-0.1, -0.05) is 58.4 Å². The van der Waals surface area contributed by atoms with Crippen LogP contribution in [-0.2, 0) is 6.42 Å². The molecule has 0 radical (unpaired) electrons. The minimum absolute atomic E-state index is 0.481. The van der Waals surface area contributed by atoms with Crippen LogP contribution >= 0.6 is 27.3 Å². The predicted octanol–water partition coefficient (Wildman–Crippen LogP) is 5.39. The van der Waals surface area contributed by atoms with E-state index in [9.17, 15) is 0 Å². The Morgan fingerprint density at radius 1 is 1.06 bits per heavy atom. The second-order valence-corrected chi connectivity index (χ2v) is 6.92. The van der Waals surface area contributed by atoms with E-state index in [1.807, 2.05) is 11.3 Å². The quantitative estimate of drug-likeness (QED) is 0.488. The molecule has 88 valence electrons. The molecule has 1 heterocycles. The summed E-state index contributed by atoms with van der Waals surface area (Å²) in [5, 5.41) is 4.15. The second-order valence-electron chi connectivity index (χ2n) is 4.69. The average molecular weight is 315 g/mol. The van der Waals surface area contributed by atoms with Crippen molar-refractivity contribution < 1.29 is 0 Å². The number of halogens is 1. The Morgan fingerprint density at radius 3 is 2.89 bits per heavy atom. The Labute approximate surface area is 118 Å².